The van der Waals surface area contributed by atoms with Crippen LogP contribution in [0.5, 0.6) is 0 Å². The minimum atomic E-state index is -0.358. The number of hydrogen-bond donors (Lipinski definition) is 1. The molecule has 1 N–H and O–H groups in total. The second kappa shape index (κ2) is 7.46. The van der Waals surface area contributed by atoms with Crippen molar-refractivity contribution < 1.29 is 4.92 Å². The van der Waals surface area contributed by atoms with E-state index in [9.17, 15) is 10.1 Å². The molecule has 0 bridgehead atoms. The Labute approximate surface area is 157 Å². The van der Waals surface area contributed by atoms with Crippen LogP contribution in [0.15, 0.2) is 42.6 Å². The quantitative estimate of drug-likeness (QED) is 0.568. The van der Waals surface area contributed by atoms with Crippen LogP contribution in [0.3, 0.4) is 0 Å². The molecule has 7 heteroatoms. The van der Waals surface area contributed by atoms with Crippen LogP contribution in [0.1, 0.15) is 17.7 Å². The van der Waals surface area contributed by atoms with Crippen molar-refractivity contribution in [2.45, 2.75) is 19.9 Å². The normalized spacial score (nSPS) is 15.7. The summed E-state index contributed by atoms with van der Waals surface area (Å²) in [4.78, 5) is 18.1. The predicted octanol–water partition coefficient (Wildman–Crippen LogP) is 3.01. The van der Waals surface area contributed by atoms with Gasteiger partial charge < -0.3 is 9.72 Å². The number of imidazole rings is 1. The van der Waals surface area contributed by atoms with Crippen LogP contribution in [0.2, 0.25) is 0 Å². The second-order valence-electron chi connectivity index (χ2n) is 7.03. The van der Waals surface area contributed by atoms with Gasteiger partial charge >= 0.3 is 0 Å². The number of fused-ring (bicyclic) bond motifs is 1. The average molecular weight is 365 g/mol. The fourth-order valence-corrected chi connectivity index (χ4v) is 3.62. The standard InChI is InChI=1S/C20H23N5O2/c1-15-6-10-24-18(14-23-9-3-7-21-8-11-23)20(22-19(24)12-15)16-4-2-5-17(13-16)25(26)27/h2,4-6,10,12-13,21H,3,7-9,11,14H2,1H3. The fourth-order valence-electron chi connectivity index (χ4n) is 3.62. The Balaban J connectivity index is 1.81. The lowest BCUT2D eigenvalue weighted by molar-refractivity contribution is -0.384. The van der Waals surface area contributed by atoms with E-state index in [4.69, 9.17) is 4.98 Å². The summed E-state index contributed by atoms with van der Waals surface area (Å²) in [5.74, 6) is 0. The van der Waals surface area contributed by atoms with Crippen molar-refractivity contribution in [3.63, 3.8) is 0 Å². The molecule has 0 amide bonds. The van der Waals surface area contributed by atoms with Gasteiger partial charge in [0.2, 0.25) is 0 Å². The van der Waals surface area contributed by atoms with Crippen LogP contribution in [-0.2, 0) is 6.54 Å². The number of nitrogens with one attached hydrogen (secondary N) is 1. The molecule has 140 valence electrons. The zero-order valence-corrected chi connectivity index (χ0v) is 15.4. The van der Waals surface area contributed by atoms with Gasteiger partial charge in [-0.3, -0.25) is 15.0 Å². The lowest BCUT2D eigenvalue weighted by atomic mass is 10.1. The molecule has 0 saturated carbocycles. The molecule has 2 aromatic heterocycles. The van der Waals surface area contributed by atoms with Gasteiger partial charge in [0.15, 0.2) is 0 Å². The van der Waals surface area contributed by atoms with E-state index >= 15 is 0 Å². The van der Waals surface area contributed by atoms with Gasteiger partial charge in [0.05, 0.1) is 16.3 Å². The van der Waals surface area contributed by atoms with Gasteiger partial charge in [-0.05, 0) is 44.1 Å². The van der Waals surface area contributed by atoms with E-state index < -0.39 is 0 Å². The molecule has 3 aromatic rings. The second-order valence-corrected chi connectivity index (χ2v) is 7.03. The topological polar surface area (TPSA) is 75.7 Å². The molecule has 0 unspecified atom stereocenters. The molecule has 1 aliphatic heterocycles. The molecular formula is C20H23N5O2. The summed E-state index contributed by atoms with van der Waals surface area (Å²) in [5, 5.41) is 14.6. The summed E-state index contributed by atoms with van der Waals surface area (Å²) in [6.07, 6.45) is 3.16. The monoisotopic (exact) mass is 365 g/mol. The average Bonchev–Trinajstić information content (AvgIpc) is 2.82. The van der Waals surface area contributed by atoms with E-state index in [1.807, 2.05) is 25.3 Å². The van der Waals surface area contributed by atoms with Gasteiger partial charge in [-0.25, -0.2) is 4.98 Å². The van der Waals surface area contributed by atoms with Crippen LogP contribution in [-0.4, -0.2) is 45.4 Å². The van der Waals surface area contributed by atoms with Crippen molar-refractivity contribution in [2.24, 2.45) is 0 Å². The van der Waals surface area contributed by atoms with Crippen molar-refractivity contribution in [1.29, 1.82) is 0 Å². The summed E-state index contributed by atoms with van der Waals surface area (Å²) < 4.78 is 2.11. The third-order valence-corrected chi connectivity index (χ3v) is 5.02. The minimum absolute atomic E-state index is 0.0886. The molecule has 0 radical (unpaired) electrons. The predicted molar refractivity (Wildman–Crippen MR) is 105 cm³/mol. The molecule has 0 atom stereocenters. The lowest BCUT2D eigenvalue weighted by Gasteiger charge is -2.20. The largest absolute Gasteiger partial charge is 0.315 e. The first-order valence-corrected chi connectivity index (χ1v) is 9.27. The van der Waals surface area contributed by atoms with E-state index in [0.717, 1.165) is 67.3 Å². The molecule has 0 spiro atoms. The number of hydrogen-bond acceptors (Lipinski definition) is 5. The first-order chi connectivity index (χ1) is 13.1. The van der Waals surface area contributed by atoms with E-state index in [1.165, 1.54) is 6.07 Å². The van der Waals surface area contributed by atoms with Crippen molar-refractivity contribution in [2.75, 3.05) is 26.2 Å². The van der Waals surface area contributed by atoms with Crippen molar-refractivity contribution in [1.82, 2.24) is 19.6 Å². The first-order valence-electron chi connectivity index (χ1n) is 9.27. The Bertz CT molecular complexity index is 974. The van der Waals surface area contributed by atoms with E-state index in [-0.39, 0.29) is 10.6 Å². The highest BCUT2D eigenvalue weighted by molar-refractivity contribution is 5.69. The van der Waals surface area contributed by atoms with Crippen molar-refractivity contribution in [3.05, 3.63) is 64.0 Å². The fraction of sp³-hybridized carbons (Fsp3) is 0.350. The van der Waals surface area contributed by atoms with Gasteiger partial charge in [-0.1, -0.05) is 12.1 Å². The van der Waals surface area contributed by atoms with Crippen molar-refractivity contribution in [3.8, 4) is 11.3 Å². The number of benzene rings is 1. The number of nitro benzene ring substituents is 1. The summed E-state index contributed by atoms with van der Waals surface area (Å²) in [6.45, 7) is 6.84. The van der Waals surface area contributed by atoms with Crippen LogP contribution in [0.25, 0.3) is 16.9 Å². The highest BCUT2D eigenvalue weighted by atomic mass is 16.6. The Kier molecular flexibility index (Phi) is 4.87. The Morgan fingerprint density at radius 2 is 2.11 bits per heavy atom. The number of rotatable bonds is 4. The van der Waals surface area contributed by atoms with Crippen LogP contribution in [0, 0.1) is 17.0 Å². The number of aromatic nitrogens is 2. The Morgan fingerprint density at radius 3 is 2.96 bits per heavy atom. The number of nitro groups is 1. The van der Waals surface area contributed by atoms with Crippen LogP contribution in [0.4, 0.5) is 5.69 Å². The molecule has 27 heavy (non-hydrogen) atoms. The molecule has 1 saturated heterocycles. The summed E-state index contributed by atoms with van der Waals surface area (Å²) >= 11 is 0. The highest BCUT2D eigenvalue weighted by Gasteiger charge is 2.19. The van der Waals surface area contributed by atoms with E-state index in [1.54, 1.807) is 12.1 Å². The first kappa shape index (κ1) is 17.6. The molecule has 1 aliphatic rings. The maximum absolute atomic E-state index is 11.2. The van der Waals surface area contributed by atoms with Gasteiger partial charge in [-0.15, -0.1) is 0 Å². The van der Waals surface area contributed by atoms with Gasteiger partial charge in [-0.2, -0.15) is 0 Å². The number of pyridine rings is 1. The third-order valence-electron chi connectivity index (χ3n) is 5.02. The minimum Gasteiger partial charge on any atom is -0.315 e. The van der Waals surface area contributed by atoms with Gasteiger partial charge in [0.1, 0.15) is 5.65 Å². The maximum Gasteiger partial charge on any atom is 0.270 e. The molecular weight excluding hydrogens is 342 g/mol. The lowest BCUT2D eigenvalue weighted by Crippen LogP contribution is -2.28. The number of nitrogens with zero attached hydrogens (tertiary/aromatic N) is 4. The zero-order valence-electron chi connectivity index (χ0n) is 15.4. The third kappa shape index (κ3) is 3.70. The molecule has 1 fully saturated rings. The smallest absolute Gasteiger partial charge is 0.270 e. The summed E-state index contributed by atoms with van der Waals surface area (Å²) in [7, 11) is 0. The van der Waals surface area contributed by atoms with Crippen LogP contribution < -0.4 is 5.32 Å². The van der Waals surface area contributed by atoms with Crippen molar-refractivity contribution >= 4 is 11.3 Å². The zero-order chi connectivity index (χ0) is 18.8. The highest BCUT2D eigenvalue weighted by Crippen LogP contribution is 2.28. The summed E-state index contributed by atoms with van der Waals surface area (Å²) in [6, 6.07) is 10.9. The van der Waals surface area contributed by atoms with Gasteiger partial charge in [0, 0.05) is 43.5 Å². The maximum atomic E-state index is 11.2. The molecule has 7 nitrogen and oxygen atoms in total. The molecule has 0 aliphatic carbocycles. The Morgan fingerprint density at radius 1 is 1.22 bits per heavy atom. The SMILES string of the molecule is Cc1ccn2c(CN3CCCNCC3)c(-c3cccc([N+](=O)[O-])c3)nc2c1. The molecule has 1 aromatic carbocycles. The summed E-state index contributed by atoms with van der Waals surface area (Å²) in [5.41, 5.74) is 4.79. The number of non-ortho nitro benzene ring substituents is 1. The number of aryl methyl sites for hydroxylation is 1. The van der Waals surface area contributed by atoms with Gasteiger partial charge in [0.25, 0.3) is 5.69 Å². The molecule has 4 rings (SSSR count). The van der Waals surface area contributed by atoms with E-state index in [0.29, 0.717) is 0 Å². The molecule has 3 heterocycles. The van der Waals surface area contributed by atoms with Crippen LogP contribution >= 0.6 is 0 Å². The van der Waals surface area contributed by atoms with E-state index in [2.05, 4.69) is 20.7 Å². The Hall–Kier alpha value is -2.77.